The number of rotatable bonds is 12. The molecule has 0 radical (unpaired) electrons. The van der Waals surface area contributed by atoms with Gasteiger partial charge in [0.1, 0.15) is 5.52 Å². The Labute approximate surface area is 207 Å². The van der Waals surface area contributed by atoms with Crippen molar-refractivity contribution in [3.63, 3.8) is 0 Å². The molecule has 1 aliphatic carbocycles. The first-order chi connectivity index (χ1) is 16.9. The predicted octanol–water partition coefficient (Wildman–Crippen LogP) is 3.43. The Kier molecular flexibility index (Phi) is 8.53. The van der Waals surface area contributed by atoms with E-state index in [0.717, 1.165) is 13.0 Å². The van der Waals surface area contributed by atoms with Crippen molar-refractivity contribution >= 4 is 32.8 Å². The SMILES string of the molecule is CN(C)CCCNS(=O)(=O)Cc1cccc(Nc2nc(OCC3CCCCC3)c3[nH]cnc3n2)c1. The first kappa shape index (κ1) is 25.3. The molecular formula is C24H35N7O3S. The molecule has 2 aromatic heterocycles. The summed E-state index contributed by atoms with van der Waals surface area (Å²) >= 11 is 0. The fourth-order valence-electron chi connectivity index (χ4n) is 4.28. The Morgan fingerprint density at radius 1 is 1.17 bits per heavy atom. The number of nitrogens with zero attached hydrogens (tertiary/aromatic N) is 4. The average Bonchev–Trinajstić information content (AvgIpc) is 3.30. The van der Waals surface area contributed by atoms with Crippen LogP contribution in [0.5, 0.6) is 5.88 Å². The molecule has 3 N–H and O–H groups in total. The van der Waals surface area contributed by atoms with Gasteiger partial charge in [-0.15, -0.1) is 0 Å². The van der Waals surface area contributed by atoms with Gasteiger partial charge in [0, 0.05) is 12.2 Å². The number of fused-ring (bicyclic) bond motifs is 1. The number of anilines is 2. The van der Waals surface area contributed by atoms with Crippen LogP contribution in [0, 0.1) is 5.92 Å². The molecule has 2 heterocycles. The molecule has 1 aliphatic rings. The van der Waals surface area contributed by atoms with Gasteiger partial charge < -0.3 is 19.9 Å². The van der Waals surface area contributed by atoms with Crippen LogP contribution in [0.2, 0.25) is 0 Å². The van der Waals surface area contributed by atoms with Gasteiger partial charge in [-0.2, -0.15) is 9.97 Å². The minimum absolute atomic E-state index is 0.0977. The van der Waals surface area contributed by atoms with Gasteiger partial charge in [-0.05, 0) is 63.5 Å². The molecule has 190 valence electrons. The standard InChI is InChI=1S/C24H35N7O3S/c1-31(2)13-7-12-27-35(32,33)16-19-10-6-11-20(14-19)28-24-29-22-21(25-17-26-22)23(30-24)34-15-18-8-4-3-5-9-18/h6,10-11,14,17-18,27H,3-5,7-9,12-13,15-16H2,1-2H3,(H2,25,26,28,29,30). The summed E-state index contributed by atoms with van der Waals surface area (Å²) in [6.07, 6.45) is 8.50. The molecule has 35 heavy (non-hydrogen) atoms. The van der Waals surface area contributed by atoms with Gasteiger partial charge in [-0.1, -0.05) is 31.4 Å². The normalized spacial score (nSPS) is 15.1. The van der Waals surface area contributed by atoms with Crippen LogP contribution in [0.1, 0.15) is 44.1 Å². The fourth-order valence-corrected chi connectivity index (χ4v) is 5.45. The number of hydrogen-bond donors (Lipinski definition) is 3. The number of hydrogen-bond acceptors (Lipinski definition) is 8. The highest BCUT2D eigenvalue weighted by Crippen LogP contribution is 2.27. The fraction of sp³-hybridized carbons (Fsp3) is 0.542. The van der Waals surface area contributed by atoms with E-state index in [4.69, 9.17) is 4.74 Å². The van der Waals surface area contributed by atoms with Gasteiger partial charge in [-0.25, -0.2) is 18.1 Å². The van der Waals surface area contributed by atoms with Crippen LogP contribution in [0.15, 0.2) is 30.6 Å². The molecule has 3 aromatic rings. The van der Waals surface area contributed by atoms with Crippen molar-refractivity contribution in [1.82, 2.24) is 29.6 Å². The maximum absolute atomic E-state index is 12.5. The van der Waals surface area contributed by atoms with E-state index in [2.05, 4.69) is 30.0 Å². The zero-order chi connectivity index (χ0) is 24.7. The van der Waals surface area contributed by atoms with Gasteiger partial charge in [0.15, 0.2) is 5.65 Å². The second kappa shape index (κ2) is 11.8. The molecule has 10 nitrogen and oxygen atoms in total. The zero-order valence-electron chi connectivity index (χ0n) is 20.5. The summed E-state index contributed by atoms with van der Waals surface area (Å²) in [6, 6.07) is 7.24. The molecule has 0 saturated heterocycles. The van der Waals surface area contributed by atoms with E-state index < -0.39 is 10.0 Å². The lowest BCUT2D eigenvalue weighted by atomic mass is 9.90. The maximum atomic E-state index is 12.5. The first-order valence-corrected chi connectivity index (χ1v) is 13.8. The smallest absolute Gasteiger partial charge is 0.245 e. The lowest BCUT2D eigenvalue weighted by Crippen LogP contribution is -2.28. The summed E-state index contributed by atoms with van der Waals surface area (Å²) in [5.41, 5.74) is 2.55. The van der Waals surface area contributed by atoms with Crippen molar-refractivity contribution in [2.24, 2.45) is 5.92 Å². The van der Waals surface area contributed by atoms with E-state index >= 15 is 0 Å². The average molecular weight is 502 g/mol. The number of imidazole rings is 1. The molecule has 0 amide bonds. The van der Waals surface area contributed by atoms with E-state index in [1.54, 1.807) is 18.5 Å². The van der Waals surface area contributed by atoms with Crippen molar-refractivity contribution in [3.05, 3.63) is 36.2 Å². The van der Waals surface area contributed by atoms with E-state index in [1.807, 2.05) is 31.1 Å². The highest BCUT2D eigenvalue weighted by Gasteiger charge is 2.17. The van der Waals surface area contributed by atoms with Gasteiger partial charge in [0.2, 0.25) is 21.9 Å². The third-order valence-electron chi connectivity index (χ3n) is 6.08. The van der Waals surface area contributed by atoms with Crippen LogP contribution in [0.4, 0.5) is 11.6 Å². The van der Waals surface area contributed by atoms with Crippen molar-refractivity contribution in [2.45, 2.75) is 44.3 Å². The van der Waals surface area contributed by atoms with Crippen LogP contribution >= 0.6 is 0 Å². The molecule has 0 bridgehead atoms. The first-order valence-electron chi connectivity index (χ1n) is 12.2. The Bertz CT molecular complexity index is 1210. The zero-order valence-corrected chi connectivity index (χ0v) is 21.3. The Morgan fingerprint density at radius 2 is 2.00 bits per heavy atom. The molecule has 0 atom stereocenters. The predicted molar refractivity (Wildman–Crippen MR) is 137 cm³/mol. The summed E-state index contributed by atoms with van der Waals surface area (Å²) in [4.78, 5) is 18.4. The Morgan fingerprint density at radius 3 is 2.80 bits per heavy atom. The maximum Gasteiger partial charge on any atom is 0.245 e. The molecule has 0 spiro atoms. The summed E-state index contributed by atoms with van der Waals surface area (Å²) in [7, 11) is 0.499. The van der Waals surface area contributed by atoms with E-state index in [1.165, 1.54) is 32.1 Å². The molecule has 1 aromatic carbocycles. The van der Waals surface area contributed by atoms with Gasteiger partial charge in [0.05, 0.1) is 18.7 Å². The van der Waals surface area contributed by atoms with Gasteiger partial charge >= 0.3 is 0 Å². The van der Waals surface area contributed by atoms with Crippen LogP contribution in [-0.2, 0) is 15.8 Å². The summed E-state index contributed by atoms with van der Waals surface area (Å²) in [5.74, 6) is 1.27. The second-order valence-electron chi connectivity index (χ2n) is 9.40. The summed E-state index contributed by atoms with van der Waals surface area (Å²) < 4.78 is 33.7. The summed E-state index contributed by atoms with van der Waals surface area (Å²) in [6.45, 7) is 1.87. The minimum atomic E-state index is -3.43. The number of sulfonamides is 1. The number of benzene rings is 1. The van der Waals surface area contributed by atoms with Gasteiger partial charge in [-0.3, -0.25) is 0 Å². The van der Waals surface area contributed by atoms with Crippen LogP contribution in [0.25, 0.3) is 11.2 Å². The number of ether oxygens (including phenoxy) is 1. The molecule has 4 rings (SSSR count). The molecule has 0 unspecified atom stereocenters. The van der Waals surface area contributed by atoms with Crippen LogP contribution in [0.3, 0.4) is 0 Å². The molecule has 1 saturated carbocycles. The largest absolute Gasteiger partial charge is 0.476 e. The highest BCUT2D eigenvalue weighted by molar-refractivity contribution is 7.88. The third kappa shape index (κ3) is 7.61. The lowest BCUT2D eigenvalue weighted by molar-refractivity contribution is 0.205. The van der Waals surface area contributed by atoms with Crippen molar-refractivity contribution in [3.8, 4) is 5.88 Å². The number of aromatic amines is 1. The Balaban J connectivity index is 1.42. The topological polar surface area (TPSA) is 125 Å². The van der Waals surface area contributed by atoms with Crippen molar-refractivity contribution < 1.29 is 13.2 Å². The highest BCUT2D eigenvalue weighted by atomic mass is 32.2. The minimum Gasteiger partial charge on any atom is -0.476 e. The Hall–Kier alpha value is -2.76. The van der Waals surface area contributed by atoms with Crippen molar-refractivity contribution in [2.75, 3.05) is 39.1 Å². The van der Waals surface area contributed by atoms with Crippen LogP contribution in [-0.4, -0.2) is 67.0 Å². The quantitative estimate of drug-likeness (QED) is 0.322. The number of H-pyrrole nitrogens is 1. The summed E-state index contributed by atoms with van der Waals surface area (Å²) in [5, 5.41) is 3.18. The molecule has 1 fully saturated rings. The second-order valence-corrected chi connectivity index (χ2v) is 11.2. The van der Waals surface area contributed by atoms with E-state index in [9.17, 15) is 8.42 Å². The molecular weight excluding hydrogens is 466 g/mol. The number of nitrogens with one attached hydrogen (secondary N) is 3. The van der Waals surface area contributed by atoms with E-state index in [-0.39, 0.29) is 5.75 Å². The van der Waals surface area contributed by atoms with Gasteiger partial charge in [0.25, 0.3) is 0 Å². The molecule has 11 heteroatoms. The molecule has 0 aliphatic heterocycles. The van der Waals surface area contributed by atoms with E-state index in [0.29, 0.717) is 53.3 Å². The van der Waals surface area contributed by atoms with Crippen LogP contribution < -0.4 is 14.8 Å². The number of aromatic nitrogens is 4. The third-order valence-corrected chi connectivity index (χ3v) is 7.43. The monoisotopic (exact) mass is 501 g/mol. The lowest BCUT2D eigenvalue weighted by Gasteiger charge is -2.21. The van der Waals surface area contributed by atoms with Crippen molar-refractivity contribution in [1.29, 1.82) is 0 Å².